The van der Waals surface area contributed by atoms with Crippen molar-refractivity contribution in [2.45, 2.75) is 30.7 Å². The van der Waals surface area contributed by atoms with Crippen LogP contribution >= 0.6 is 11.8 Å². The molecule has 0 unspecified atom stereocenters. The average molecular weight is 286 g/mol. The predicted octanol–water partition coefficient (Wildman–Crippen LogP) is 3.85. The lowest BCUT2D eigenvalue weighted by atomic mass is 10.1. The number of benzene rings is 1. The molecule has 3 aromatic rings. The van der Waals surface area contributed by atoms with E-state index in [9.17, 15) is 0 Å². The number of fused-ring (bicyclic) bond motifs is 1. The van der Waals surface area contributed by atoms with Gasteiger partial charge in [0.1, 0.15) is 0 Å². The fourth-order valence-electron chi connectivity index (χ4n) is 2.17. The lowest BCUT2D eigenvalue weighted by molar-refractivity contribution is 0.784. The number of H-pyrrole nitrogens is 1. The summed E-state index contributed by atoms with van der Waals surface area (Å²) in [5, 5.41) is 11.4. The van der Waals surface area contributed by atoms with Crippen LogP contribution in [0.1, 0.15) is 20.3 Å². The average Bonchev–Trinajstić information content (AvgIpc) is 3.03. The molecule has 1 aromatic carbocycles. The molecule has 5 heteroatoms. The highest BCUT2D eigenvalue weighted by Crippen LogP contribution is 2.30. The fraction of sp³-hybridized carbons (Fsp3) is 0.333. The van der Waals surface area contributed by atoms with Crippen LogP contribution in [0.5, 0.6) is 0 Å². The molecule has 0 saturated heterocycles. The number of hydrogen-bond acceptors (Lipinski definition) is 3. The van der Waals surface area contributed by atoms with Crippen LogP contribution in [0, 0.1) is 0 Å². The maximum Gasteiger partial charge on any atom is 0.191 e. The van der Waals surface area contributed by atoms with Gasteiger partial charge in [-0.1, -0.05) is 43.8 Å². The minimum absolute atomic E-state index is 0.550. The molecule has 0 amide bonds. The van der Waals surface area contributed by atoms with Crippen molar-refractivity contribution in [3.8, 4) is 11.4 Å². The largest absolute Gasteiger partial charge is 0.360 e. The van der Waals surface area contributed by atoms with Crippen LogP contribution in [-0.2, 0) is 7.05 Å². The van der Waals surface area contributed by atoms with Gasteiger partial charge < -0.3 is 9.55 Å². The van der Waals surface area contributed by atoms with E-state index in [1.807, 2.05) is 25.4 Å². The second-order valence-electron chi connectivity index (χ2n) is 4.95. The Balaban J connectivity index is 2.03. The van der Waals surface area contributed by atoms with Gasteiger partial charge in [-0.3, -0.25) is 0 Å². The Morgan fingerprint density at radius 2 is 2.10 bits per heavy atom. The second kappa shape index (κ2) is 5.32. The van der Waals surface area contributed by atoms with Gasteiger partial charge in [0.05, 0.1) is 0 Å². The van der Waals surface area contributed by atoms with Crippen molar-refractivity contribution in [3.05, 3.63) is 30.5 Å². The zero-order valence-corrected chi connectivity index (χ0v) is 12.7. The highest BCUT2D eigenvalue weighted by Gasteiger charge is 2.16. The lowest BCUT2D eigenvalue weighted by Gasteiger charge is -2.07. The second-order valence-corrected chi connectivity index (χ2v) is 6.36. The SMILES string of the molecule is CC[C@H](C)Sc1nnc(-c2c[nH]c3ccccc23)n1C. The normalized spacial score (nSPS) is 12.9. The maximum atomic E-state index is 4.37. The zero-order chi connectivity index (χ0) is 14.1. The molecule has 20 heavy (non-hydrogen) atoms. The topological polar surface area (TPSA) is 46.5 Å². The summed E-state index contributed by atoms with van der Waals surface area (Å²) in [5.41, 5.74) is 2.23. The van der Waals surface area contributed by atoms with Gasteiger partial charge in [-0.25, -0.2) is 0 Å². The smallest absolute Gasteiger partial charge is 0.191 e. The van der Waals surface area contributed by atoms with Gasteiger partial charge in [-0.2, -0.15) is 0 Å². The van der Waals surface area contributed by atoms with E-state index in [-0.39, 0.29) is 0 Å². The minimum atomic E-state index is 0.550. The van der Waals surface area contributed by atoms with Crippen LogP contribution in [0.4, 0.5) is 0 Å². The number of rotatable bonds is 4. The van der Waals surface area contributed by atoms with Gasteiger partial charge in [0.15, 0.2) is 11.0 Å². The van der Waals surface area contributed by atoms with Crippen LogP contribution in [0.25, 0.3) is 22.3 Å². The molecule has 0 aliphatic carbocycles. The molecule has 0 bridgehead atoms. The maximum absolute atomic E-state index is 4.37. The highest BCUT2D eigenvalue weighted by molar-refractivity contribution is 7.99. The molecule has 2 aromatic heterocycles. The van der Waals surface area contributed by atoms with Gasteiger partial charge in [0.2, 0.25) is 0 Å². The Kier molecular flexibility index (Phi) is 3.53. The molecular formula is C15H18N4S. The van der Waals surface area contributed by atoms with Crippen LogP contribution in [0.2, 0.25) is 0 Å². The number of para-hydroxylation sites is 1. The van der Waals surface area contributed by atoms with Crippen molar-refractivity contribution >= 4 is 22.7 Å². The molecular weight excluding hydrogens is 268 g/mol. The van der Waals surface area contributed by atoms with E-state index >= 15 is 0 Å². The molecule has 0 spiro atoms. The van der Waals surface area contributed by atoms with Crippen LogP contribution < -0.4 is 0 Å². The van der Waals surface area contributed by atoms with Gasteiger partial charge in [-0.05, 0) is 12.5 Å². The first-order valence-electron chi connectivity index (χ1n) is 6.83. The molecule has 1 atom stereocenters. The fourth-order valence-corrected chi connectivity index (χ4v) is 3.03. The number of aromatic amines is 1. The van der Waals surface area contributed by atoms with E-state index in [4.69, 9.17) is 0 Å². The molecule has 0 aliphatic heterocycles. The first kappa shape index (κ1) is 13.2. The summed E-state index contributed by atoms with van der Waals surface area (Å²) < 4.78 is 2.08. The standard InChI is InChI=1S/C15H18N4S/c1-4-10(2)20-15-18-17-14(19(15)3)12-9-16-13-8-6-5-7-11(12)13/h5-10,16H,4H2,1-3H3/t10-/m0/s1. The molecule has 2 heterocycles. The van der Waals surface area contributed by atoms with Crippen LogP contribution in [-0.4, -0.2) is 25.0 Å². The Labute approximate surface area is 122 Å². The number of thioether (sulfide) groups is 1. The summed E-state index contributed by atoms with van der Waals surface area (Å²) in [6.07, 6.45) is 3.13. The first-order valence-corrected chi connectivity index (χ1v) is 7.71. The Bertz CT molecular complexity index is 728. The van der Waals surface area contributed by atoms with Gasteiger partial charge in [-0.15, -0.1) is 10.2 Å². The van der Waals surface area contributed by atoms with Crippen molar-refractivity contribution in [2.75, 3.05) is 0 Å². The minimum Gasteiger partial charge on any atom is -0.360 e. The zero-order valence-electron chi connectivity index (χ0n) is 11.9. The summed E-state index contributed by atoms with van der Waals surface area (Å²) in [4.78, 5) is 3.29. The Hall–Kier alpha value is -1.75. The van der Waals surface area contributed by atoms with Gasteiger partial charge in [0, 0.05) is 35.0 Å². The van der Waals surface area contributed by atoms with Gasteiger partial charge >= 0.3 is 0 Å². The van der Waals surface area contributed by atoms with Gasteiger partial charge in [0.25, 0.3) is 0 Å². The summed E-state index contributed by atoms with van der Waals surface area (Å²) in [7, 11) is 2.03. The molecule has 104 valence electrons. The predicted molar refractivity (Wildman–Crippen MR) is 83.9 cm³/mol. The van der Waals surface area contributed by atoms with Crippen molar-refractivity contribution in [1.82, 2.24) is 19.7 Å². The molecule has 0 radical (unpaired) electrons. The molecule has 3 rings (SSSR count). The third kappa shape index (κ3) is 2.22. The third-order valence-corrected chi connectivity index (χ3v) is 4.85. The quantitative estimate of drug-likeness (QED) is 0.741. The first-order chi connectivity index (χ1) is 9.70. The summed E-state index contributed by atoms with van der Waals surface area (Å²) in [6, 6.07) is 8.26. The Morgan fingerprint density at radius 3 is 2.90 bits per heavy atom. The van der Waals surface area contributed by atoms with E-state index in [1.54, 1.807) is 11.8 Å². The Morgan fingerprint density at radius 1 is 1.30 bits per heavy atom. The van der Waals surface area contributed by atoms with E-state index < -0.39 is 0 Å². The van der Waals surface area contributed by atoms with Crippen LogP contribution in [0.15, 0.2) is 35.6 Å². The number of nitrogens with one attached hydrogen (secondary N) is 1. The van der Waals surface area contributed by atoms with Crippen molar-refractivity contribution in [3.63, 3.8) is 0 Å². The van der Waals surface area contributed by atoms with E-state index in [0.717, 1.165) is 28.5 Å². The number of aromatic nitrogens is 4. The highest BCUT2D eigenvalue weighted by atomic mass is 32.2. The van der Waals surface area contributed by atoms with E-state index in [0.29, 0.717) is 5.25 Å². The molecule has 0 aliphatic rings. The number of nitrogens with zero attached hydrogens (tertiary/aromatic N) is 3. The van der Waals surface area contributed by atoms with Crippen molar-refractivity contribution in [1.29, 1.82) is 0 Å². The third-order valence-electron chi connectivity index (χ3n) is 3.55. The van der Waals surface area contributed by atoms with Crippen LogP contribution in [0.3, 0.4) is 0 Å². The number of hydrogen-bond donors (Lipinski definition) is 1. The monoisotopic (exact) mass is 286 g/mol. The summed E-state index contributed by atoms with van der Waals surface area (Å²) in [5.74, 6) is 0.910. The lowest BCUT2D eigenvalue weighted by Crippen LogP contribution is -1.99. The molecule has 0 fully saturated rings. The molecule has 0 saturated carbocycles. The van der Waals surface area contributed by atoms with Crippen molar-refractivity contribution in [2.24, 2.45) is 7.05 Å². The van der Waals surface area contributed by atoms with Crippen molar-refractivity contribution < 1.29 is 0 Å². The summed E-state index contributed by atoms with van der Waals surface area (Å²) >= 11 is 1.77. The summed E-state index contributed by atoms with van der Waals surface area (Å²) in [6.45, 7) is 4.40. The van der Waals surface area contributed by atoms with E-state index in [1.165, 1.54) is 5.39 Å². The molecule has 4 nitrogen and oxygen atoms in total. The van der Waals surface area contributed by atoms with E-state index in [2.05, 4.69) is 45.7 Å². The molecule has 1 N–H and O–H groups in total.